The highest BCUT2D eigenvalue weighted by Gasteiger charge is 2.22. The summed E-state index contributed by atoms with van der Waals surface area (Å²) in [5.74, 6) is -0.0898. The van der Waals surface area contributed by atoms with E-state index in [9.17, 15) is 4.79 Å². The number of benzene rings is 1. The van der Waals surface area contributed by atoms with Gasteiger partial charge < -0.3 is 19.7 Å². The van der Waals surface area contributed by atoms with Gasteiger partial charge in [-0.15, -0.1) is 11.3 Å². The Morgan fingerprint density at radius 2 is 1.78 bits per heavy atom. The Bertz CT molecular complexity index is 1270. The number of anilines is 2. The Hall–Kier alpha value is -3.16. The Balaban J connectivity index is 1.51. The molecule has 1 aliphatic rings. The van der Waals surface area contributed by atoms with Gasteiger partial charge in [0.2, 0.25) is 0 Å². The van der Waals surface area contributed by atoms with Gasteiger partial charge in [0.1, 0.15) is 5.00 Å². The zero-order chi connectivity index (χ0) is 22.2. The van der Waals surface area contributed by atoms with Crippen LogP contribution in [0, 0.1) is 13.8 Å². The van der Waals surface area contributed by atoms with Gasteiger partial charge in [-0.25, -0.2) is 0 Å². The van der Waals surface area contributed by atoms with Crippen molar-refractivity contribution in [1.29, 1.82) is 0 Å². The van der Waals surface area contributed by atoms with Crippen molar-refractivity contribution in [2.24, 2.45) is 0 Å². The molecule has 1 saturated heterocycles. The van der Waals surface area contributed by atoms with Gasteiger partial charge >= 0.3 is 0 Å². The third-order valence-corrected chi connectivity index (χ3v) is 7.54. The maximum atomic E-state index is 13.5. The lowest BCUT2D eigenvalue weighted by atomic mass is 10.1. The summed E-state index contributed by atoms with van der Waals surface area (Å²) in [6, 6.07) is 10.1. The second-order valence-electron chi connectivity index (χ2n) is 8.35. The van der Waals surface area contributed by atoms with Crippen molar-refractivity contribution in [3.8, 4) is 5.00 Å². The summed E-state index contributed by atoms with van der Waals surface area (Å²) < 4.78 is 2.01. The summed E-state index contributed by atoms with van der Waals surface area (Å²) in [7, 11) is 2.16. The molecular formula is C25H27N5OS. The highest BCUT2D eigenvalue weighted by atomic mass is 32.1. The number of aromatic nitrogens is 2. The molecule has 0 saturated carbocycles. The molecule has 1 aliphatic heterocycles. The molecule has 7 heteroatoms. The first-order valence-electron chi connectivity index (χ1n) is 10.9. The van der Waals surface area contributed by atoms with Crippen LogP contribution >= 0.6 is 11.3 Å². The lowest BCUT2D eigenvalue weighted by Crippen LogP contribution is -2.44. The van der Waals surface area contributed by atoms with Crippen molar-refractivity contribution in [3.05, 3.63) is 71.1 Å². The molecule has 5 rings (SSSR count). The van der Waals surface area contributed by atoms with Crippen LogP contribution in [0.3, 0.4) is 0 Å². The Kier molecular flexibility index (Phi) is 5.45. The number of nitrogens with zero attached hydrogens (tertiary/aromatic N) is 4. The first kappa shape index (κ1) is 20.7. The standard InChI is InChI=1S/C25H27N5OS/c1-17-18(2)32-25(30-10-4-5-11-30)23(17)24(31)27-21-6-7-22(19-8-9-26-16-20(19)21)29-14-12-28(3)13-15-29/h4-11,16H,12-15H2,1-3H3,(H,27,31). The van der Waals surface area contributed by atoms with E-state index in [1.165, 1.54) is 5.69 Å². The number of likely N-dealkylation sites (N-methyl/N-ethyl adjacent to an activating group) is 1. The second kappa shape index (κ2) is 8.41. The van der Waals surface area contributed by atoms with Gasteiger partial charge in [-0.2, -0.15) is 0 Å². The summed E-state index contributed by atoms with van der Waals surface area (Å²) in [5, 5.41) is 6.21. The maximum Gasteiger partial charge on any atom is 0.258 e. The van der Waals surface area contributed by atoms with Crippen LogP contribution in [-0.2, 0) is 0 Å². The Morgan fingerprint density at radius 1 is 1.03 bits per heavy atom. The van der Waals surface area contributed by atoms with Crippen LogP contribution in [0.15, 0.2) is 55.1 Å². The first-order chi connectivity index (χ1) is 15.5. The number of amides is 1. The zero-order valence-corrected chi connectivity index (χ0v) is 19.4. The van der Waals surface area contributed by atoms with Gasteiger partial charge in [0.05, 0.1) is 11.3 Å². The van der Waals surface area contributed by atoms with E-state index < -0.39 is 0 Å². The smallest absolute Gasteiger partial charge is 0.258 e. The molecule has 0 bridgehead atoms. The molecule has 0 spiro atoms. The summed E-state index contributed by atoms with van der Waals surface area (Å²) >= 11 is 1.64. The zero-order valence-electron chi connectivity index (χ0n) is 18.6. The van der Waals surface area contributed by atoms with Gasteiger partial charge in [-0.3, -0.25) is 9.78 Å². The summed E-state index contributed by atoms with van der Waals surface area (Å²) in [6.07, 6.45) is 7.63. The average molecular weight is 446 g/mol. The van der Waals surface area contributed by atoms with E-state index in [1.54, 1.807) is 11.3 Å². The maximum absolute atomic E-state index is 13.5. The molecule has 4 aromatic rings. The number of fused-ring (bicyclic) bond motifs is 1. The molecule has 1 aromatic carbocycles. The van der Waals surface area contributed by atoms with Crippen molar-refractivity contribution in [2.45, 2.75) is 13.8 Å². The van der Waals surface area contributed by atoms with E-state index in [0.717, 1.165) is 63.6 Å². The average Bonchev–Trinajstić information content (AvgIpc) is 3.43. The fourth-order valence-electron chi connectivity index (χ4n) is 4.32. The number of aryl methyl sites for hydroxylation is 1. The lowest BCUT2D eigenvalue weighted by Gasteiger charge is -2.34. The minimum absolute atomic E-state index is 0.0898. The second-order valence-corrected chi connectivity index (χ2v) is 9.55. The van der Waals surface area contributed by atoms with E-state index >= 15 is 0 Å². The van der Waals surface area contributed by atoms with Gasteiger partial charge in [0.25, 0.3) is 5.91 Å². The third kappa shape index (κ3) is 3.67. The molecule has 3 aromatic heterocycles. The summed E-state index contributed by atoms with van der Waals surface area (Å²) in [5.41, 5.74) is 3.73. The molecule has 0 atom stereocenters. The largest absolute Gasteiger partial charge is 0.368 e. The SMILES string of the molecule is Cc1sc(-n2cccc2)c(C(=O)Nc2ccc(N3CCN(C)CC3)c3ccncc23)c1C. The number of carbonyl (C=O) groups excluding carboxylic acids is 1. The van der Waals surface area contributed by atoms with Crippen LogP contribution in [0.25, 0.3) is 15.8 Å². The molecule has 1 fully saturated rings. The first-order valence-corrected chi connectivity index (χ1v) is 11.7. The van der Waals surface area contributed by atoms with Gasteiger partial charge in [-0.1, -0.05) is 0 Å². The summed E-state index contributed by atoms with van der Waals surface area (Å²) in [4.78, 5) is 23.7. The number of nitrogens with one attached hydrogen (secondary N) is 1. The van der Waals surface area contributed by atoms with E-state index in [-0.39, 0.29) is 5.91 Å². The monoisotopic (exact) mass is 445 g/mol. The van der Waals surface area contributed by atoms with Crippen LogP contribution in [0.4, 0.5) is 11.4 Å². The number of rotatable bonds is 4. The molecule has 0 aliphatic carbocycles. The van der Waals surface area contributed by atoms with Crippen molar-refractivity contribution in [1.82, 2.24) is 14.5 Å². The van der Waals surface area contributed by atoms with Crippen molar-refractivity contribution in [2.75, 3.05) is 43.4 Å². The number of hydrogen-bond acceptors (Lipinski definition) is 5. The van der Waals surface area contributed by atoms with E-state index in [1.807, 2.05) is 60.5 Å². The number of pyridine rings is 1. The fourth-order valence-corrected chi connectivity index (χ4v) is 5.44. The quantitative estimate of drug-likeness (QED) is 0.494. The van der Waals surface area contributed by atoms with Gasteiger partial charge in [0, 0.05) is 72.3 Å². The van der Waals surface area contributed by atoms with Gasteiger partial charge in [-0.05, 0) is 56.8 Å². The fraction of sp³-hybridized carbons (Fsp3) is 0.280. The molecule has 1 N–H and O–H groups in total. The van der Waals surface area contributed by atoms with Crippen LogP contribution in [0.1, 0.15) is 20.8 Å². The Morgan fingerprint density at radius 3 is 2.53 bits per heavy atom. The number of piperazine rings is 1. The molecule has 4 heterocycles. The Labute approximate surface area is 192 Å². The topological polar surface area (TPSA) is 53.4 Å². The highest BCUT2D eigenvalue weighted by Crippen LogP contribution is 2.35. The van der Waals surface area contributed by atoms with Crippen LogP contribution in [0.2, 0.25) is 0 Å². The molecule has 0 unspecified atom stereocenters. The number of hydrogen-bond donors (Lipinski definition) is 1. The molecule has 6 nitrogen and oxygen atoms in total. The highest BCUT2D eigenvalue weighted by molar-refractivity contribution is 7.15. The van der Waals surface area contributed by atoms with Crippen molar-refractivity contribution >= 4 is 39.4 Å². The number of thiophene rings is 1. The van der Waals surface area contributed by atoms with E-state index in [0.29, 0.717) is 0 Å². The van der Waals surface area contributed by atoms with Crippen molar-refractivity contribution in [3.63, 3.8) is 0 Å². The third-order valence-electron chi connectivity index (χ3n) is 6.32. The lowest BCUT2D eigenvalue weighted by molar-refractivity contribution is 0.102. The molecule has 1 amide bonds. The normalized spacial score (nSPS) is 14.8. The predicted molar refractivity (Wildman–Crippen MR) is 133 cm³/mol. The minimum atomic E-state index is -0.0898. The van der Waals surface area contributed by atoms with Crippen LogP contribution < -0.4 is 10.2 Å². The molecule has 164 valence electrons. The van der Waals surface area contributed by atoms with E-state index in [4.69, 9.17) is 0 Å². The summed E-state index contributed by atoms with van der Waals surface area (Å²) in [6.45, 7) is 8.16. The van der Waals surface area contributed by atoms with Crippen molar-refractivity contribution < 1.29 is 4.79 Å². The molecule has 32 heavy (non-hydrogen) atoms. The number of carbonyl (C=O) groups is 1. The molecule has 0 radical (unpaired) electrons. The van der Waals surface area contributed by atoms with Gasteiger partial charge in [0.15, 0.2) is 0 Å². The predicted octanol–water partition coefficient (Wildman–Crippen LogP) is 4.71. The van der Waals surface area contributed by atoms with E-state index in [2.05, 4.69) is 40.1 Å². The van der Waals surface area contributed by atoms with Crippen LogP contribution in [-0.4, -0.2) is 53.6 Å². The minimum Gasteiger partial charge on any atom is -0.368 e. The molecular weight excluding hydrogens is 418 g/mol. The van der Waals surface area contributed by atoms with Crippen LogP contribution in [0.5, 0.6) is 0 Å².